The quantitative estimate of drug-likeness (QED) is 0.632. The highest BCUT2D eigenvalue weighted by atomic mass is 16.6. The molecule has 0 amide bonds. The maximum atomic E-state index is 10.8. The Labute approximate surface area is 113 Å². The Balaban J connectivity index is 2.07. The van der Waals surface area contributed by atoms with Crippen LogP contribution in [0.2, 0.25) is 0 Å². The van der Waals surface area contributed by atoms with Gasteiger partial charge in [-0.2, -0.15) is 0 Å². The summed E-state index contributed by atoms with van der Waals surface area (Å²) in [5.74, 6) is 0. The van der Waals surface area contributed by atoms with Gasteiger partial charge in [0.1, 0.15) is 0 Å². The van der Waals surface area contributed by atoms with Gasteiger partial charge in [0.2, 0.25) is 0 Å². The minimum Gasteiger partial charge on any atom is -0.395 e. The molecule has 104 valence electrons. The van der Waals surface area contributed by atoms with Gasteiger partial charge in [0.15, 0.2) is 0 Å². The zero-order chi connectivity index (χ0) is 13.7. The molecule has 1 aliphatic rings. The predicted octanol–water partition coefficient (Wildman–Crippen LogP) is 2.33. The van der Waals surface area contributed by atoms with Crippen LogP contribution in [0, 0.1) is 10.1 Å². The second kappa shape index (κ2) is 6.63. The van der Waals surface area contributed by atoms with Gasteiger partial charge in [-0.15, -0.1) is 0 Å². The molecular formula is C14H20N2O3. The summed E-state index contributed by atoms with van der Waals surface area (Å²) in [5, 5.41) is 19.9. The van der Waals surface area contributed by atoms with Gasteiger partial charge in [-0.3, -0.25) is 15.0 Å². The number of aliphatic hydroxyl groups excluding tert-OH is 1. The van der Waals surface area contributed by atoms with Crippen LogP contribution in [0.25, 0.3) is 0 Å². The minimum atomic E-state index is -0.366. The molecule has 0 radical (unpaired) electrons. The molecule has 1 aliphatic carbocycles. The monoisotopic (exact) mass is 264 g/mol. The molecule has 19 heavy (non-hydrogen) atoms. The summed E-state index contributed by atoms with van der Waals surface area (Å²) in [7, 11) is 0. The van der Waals surface area contributed by atoms with Crippen molar-refractivity contribution in [2.45, 2.75) is 38.3 Å². The second-order valence-electron chi connectivity index (χ2n) is 5.06. The predicted molar refractivity (Wildman–Crippen MR) is 72.8 cm³/mol. The molecule has 0 bridgehead atoms. The highest BCUT2D eigenvalue weighted by molar-refractivity contribution is 5.34. The Bertz CT molecular complexity index is 430. The highest BCUT2D eigenvalue weighted by Gasteiger charge is 2.22. The molecular weight excluding hydrogens is 244 g/mol. The Morgan fingerprint density at radius 3 is 2.74 bits per heavy atom. The third-order valence-corrected chi connectivity index (χ3v) is 3.74. The topological polar surface area (TPSA) is 66.6 Å². The van der Waals surface area contributed by atoms with Gasteiger partial charge in [0.25, 0.3) is 5.69 Å². The SMILES string of the molecule is O=[N+]([O-])c1cccc(CN(CCO)C2CCCC2)c1. The number of rotatable bonds is 6. The molecule has 0 atom stereocenters. The van der Waals surface area contributed by atoms with E-state index in [-0.39, 0.29) is 17.2 Å². The number of hydrogen-bond acceptors (Lipinski definition) is 4. The third kappa shape index (κ3) is 3.75. The molecule has 5 nitrogen and oxygen atoms in total. The van der Waals surface area contributed by atoms with Gasteiger partial charge in [-0.25, -0.2) is 0 Å². The fourth-order valence-corrected chi connectivity index (χ4v) is 2.79. The van der Waals surface area contributed by atoms with E-state index in [0.29, 0.717) is 19.1 Å². The van der Waals surface area contributed by atoms with E-state index in [9.17, 15) is 10.1 Å². The van der Waals surface area contributed by atoms with Crippen LogP contribution in [0.15, 0.2) is 24.3 Å². The molecule has 0 aromatic heterocycles. The van der Waals surface area contributed by atoms with Crippen molar-refractivity contribution in [3.63, 3.8) is 0 Å². The molecule has 0 spiro atoms. The van der Waals surface area contributed by atoms with Crippen LogP contribution in [0.1, 0.15) is 31.2 Å². The molecule has 2 rings (SSSR count). The molecule has 0 saturated heterocycles. The van der Waals surface area contributed by atoms with E-state index in [4.69, 9.17) is 5.11 Å². The van der Waals surface area contributed by atoms with E-state index in [1.807, 2.05) is 6.07 Å². The molecule has 5 heteroatoms. The Morgan fingerprint density at radius 2 is 2.11 bits per heavy atom. The van der Waals surface area contributed by atoms with Crippen molar-refractivity contribution in [1.29, 1.82) is 0 Å². The number of non-ortho nitro benzene ring substituents is 1. The maximum Gasteiger partial charge on any atom is 0.269 e. The lowest BCUT2D eigenvalue weighted by Crippen LogP contribution is -2.35. The van der Waals surface area contributed by atoms with Gasteiger partial charge < -0.3 is 5.11 Å². The van der Waals surface area contributed by atoms with E-state index < -0.39 is 0 Å². The smallest absolute Gasteiger partial charge is 0.269 e. The first-order valence-electron chi connectivity index (χ1n) is 6.79. The normalized spacial score (nSPS) is 16.1. The second-order valence-corrected chi connectivity index (χ2v) is 5.06. The van der Waals surface area contributed by atoms with Crippen LogP contribution in [0.5, 0.6) is 0 Å². The molecule has 1 aromatic rings. The van der Waals surface area contributed by atoms with Crippen LogP contribution in [0.4, 0.5) is 5.69 Å². The number of nitro benzene ring substituents is 1. The number of nitro groups is 1. The van der Waals surface area contributed by atoms with Crippen LogP contribution < -0.4 is 0 Å². The van der Waals surface area contributed by atoms with E-state index in [1.165, 1.54) is 18.9 Å². The van der Waals surface area contributed by atoms with E-state index >= 15 is 0 Å². The number of nitrogens with zero attached hydrogens (tertiary/aromatic N) is 2. The van der Waals surface area contributed by atoms with Crippen molar-refractivity contribution in [2.75, 3.05) is 13.2 Å². The zero-order valence-corrected chi connectivity index (χ0v) is 11.0. The first kappa shape index (κ1) is 14.0. The Hall–Kier alpha value is -1.46. The van der Waals surface area contributed by atoms with Crippen molar-refractivity contribution in [3.8, 4) is 0 Å². The first-order valence-corrected chi connectivity index (χ1v) is 6.79. The van der Waals surface area contributed by atoms with Gasteiger partial charge in [0.05, 0.1) is 11.5 Å². The van der Waals surface area contributed by atoms with Crippen LogP contribution in [-0.2, 0) is 6.54 Å². The van der Waals surface area contributed by atoms with Crippen molar-refractivity contribution < 1.29 is 10.0 Å². The summed E-state index contributed by atoms with van der Waals surface area (Å²) in [5.41, 5.74) is 1.07. The Morgan fingerprint density at radius 1 is 1.37 bits per heavy atom. The molecule has 0 aliphatic heterocycles. The molecule has 1 aromatic carbocycles. The largest absolute Gasteiger partial charge is 0.395 e. The molecule has 0 heterocycles. The molecule has 0 unspecified atom stereocenters. The molecule has 1 fully saturated rings. The number of benzene rings is 1. The van der Waals surface area contributed by atoms with E-state index in [2.05, 4.69) is 4.90 Å². The summed E-state index contributed by atoms with van der Waals surface area (Å²) in [4.78, 5) is 12.6. The highest BCUT2D eigenvalue weighted by Crippen LogP contribution is 2.25. The fourth-order valence-electron chi connectivity index (χ4n) is 2.79. The van der Waals surface area contributed by atoms with Gasteiger partial charge in [-0.1, -0.05) is 25.0 Å². The summed E-state index contributed by atoms with van der Waals surface area (Å²) in [6, 6.07) is 7.27. The summed E-state index contributed by atoms with van der Waals surface area (Å²) in [6.07, 6.45) is 4.80. The fraction of sp³-hybridized carbons (Fsp3) is 0.571. The maximum absolute atomic E-state index is 10.8. The number of aliphatic hydroxyl groups is 1. The minimum absolute atomic E-state index is 0.130. The van der Waals surface area contributed by atoms with Gasteiger partial charge >= 0.3 is 0 Å². The van der Waals surface area contributed by atoms with Crippen LogP contribution >= 0.6 is 0 Å². The Kier molecular flexibility index (Phi) is 4.87. The van der Waals surface area contributed by atoms with Crippen molar-refractivity contribution in [2.24, 2.45) is 0 Å². The molecule has 1 saturated carbocycles. The van der Waals surface area contributed by atoms with Gasteiger partial charge in [-0.05, 0) is 18.4 Å². The average molecular weight is 264 g/mol. The van der Waals surface area contributed by atoms with Crippen molar-refractivity contribution >= 4 is 5.69 Å². The van der Waals surface area contributed by atoms with E-state index in [0.717, 1.165) is 18.4 Å². The summed E-state index contributed by atoms with van der Waals surface area (Å²) in [6.45, 7) is 1.44. The number of hydrogen-bond donors (Lipinski definition) is 1. The summed E-state index contributed by atoms with van der Waals surface area (Å²) >= 11 is 0. The third-order valence-electron chi connectivity index (χ3n) is 3.74. The zero-order valence-electron chi connectivity index (χ0n) is 11.0. The lowest BCUT2D eigenvalue weighted by Gasteiger charge is -2.28. The van der Waals surface area contributed by atoms with Crippen molar-refractivity contribution in [1.82, 2.24) is 4.90 Å². The first-order chi connectivity index (χ1) is 9.20. The standard InChI is InChI=1S/C14H20N2O3/c17-9-8-15(13-5-1-2-6-13)11-12-4-3-7-14(10-12)16(18)19/h3-4,7,10,13,17H,1-2,5-6,8-9,11H2. The molecule has 1 N–H and O–H groups in total. The average Bonchev–Trinajstić information content (AvgIpc) is 2.92. The van der Waals surface area contributed by atoms with E-state index in [1.54, 1.807) is 12.1 Å². The van der Waals surface area contributed by atoms with Crippen LogP contribution in [-0.4, -0.2) is 34.1 Å². The van der Waals surface area contributed by atoms with Crippen molar-refractivity contribution in [3.05, 3.63) is 39.9 Å². The van der Waals surface area contributed by atoms with Crippen LogP contribution in [0.3, 0.4) is 0 Å². The lowest BCUT2D eigenvalue weighted by molar-refractivity contribution is -0.384. The van der Waals surface area contributed by atoms with Gasteiger partial charge in [0, 0.05) is 31.3 Å². The lowest BCUT2D eigenvalue weighted by atomic mass is 10.1. The summed E-state index contributed by atoms with van der Waals surface area (Å²) < 4.78 is 0.